The lowest BCUT2D eigenvalue weighted by atomic mass is 9.98. The van der Waals surface area contributed by atoms with Crippen LogP contribution in [-0.2, 0) is 21.2 Å². The fourth-order valence-electron chi connectivity index (χ4n) is 4.22. The lowest BCUT2D eigenvalue weighted by Gasteiger charge is -2.33. The van der Waals surface area contributed by atoms with E-state index in [0.717, 1.165) is 11.1 Å². The van der Waals surface area contributed by atoms with Gasteiger partial charge in [0, 0.05) is 38.7 Å². The molecule has 1 heterocycles. The van der Waals surface area contributed by atoms with Crippen molar-refractivity contribution in [3.05, 3.63) is 102 Å². The first kappa shape index (κ1) is 24.6. The van der Waals surface area contributed by atoms with Gasteiger partial charge >= 0.3 is 0 Å². The van der Waals surface area contributed by atoms with Crippen LogP contribution in [0, 0.1) is 0 Å². The van der Waals surface area contributed by atoms with Gasteiger partial charge in [-0.15, -0.1) is 0 Å². The van der Waals surface area contributed by atoms with Crippen LogP contribution in [0.5, 0.6) is 0 Å². The van der Waals surface area contributed by atoms with Crippen molar-refractivity contribution in [2.75, 3.05) is 26.2 Å². The first-order chi connectivity index (χ1) is 16.8. The highest BCUT2D eigenvalue weighted by molar-refractivity contribution is 7.89. The number of sulfonamides is 1. The molecule has 3 aromatic carbocycles. The van der Waals surface area contributed by atoms with E-state index in [9.17, 15) is 18.0 Å². The smallest absolute Gasteiger partial charge is 0.251 e. The van der Waals surface area contributed by atoms with Gasteiger partial charge in [0.1, 0.15) is 0 Å². The van der Waals surface area contributed by atoms with Crippen LogP contribution in [0.2, 0.25) is 0 Å². The number of carbonyl (C=O) groups excluding carboxylic acids is 2. The van der Waals surface area contributed by atoms with Crippen LogP contribution in [0.15, 0.2) is 89.8 Å². The zero-order valence-electron chi connectivity index (χ0n) is 19.6. The first-order valence-electron chi connectivity index (χ1n) is 11.6. The van der Waals surface area contributed by atoms with Crippen LogP contribution in [0.1, 0.15) is 34.5 Å². The molecule has 3 aromatic rings. The quantitative estimate of drug-likeness (QED) is 0.550. The van der Waals surface area contributed by atoms with E-state index < -0.39 is 10.0 Å². The monoisotopic (exact) mass is 491 g/mol. The number of amides is 2. The van der Waals surface area contributed by atoms with Crippen LogP contribution in [0.25, 0.3) is 0 Å². The molecule has 35 heavy (non-hydrogen) atoms. The van der Waals surface area contributed by atoms with Gasteiger partial charge in [-0.3, -0.25) is 9.59 Å². The van der Waals surface area contributed by atoms with Crippen LogP contribution in [-0.4, -0.2) is 55.6 Å². The number of rotatable bonds is 7. The van der Waals surface area contributed by atoms with Gasteiger partial charge in [0.15, 0.2) is 0 Å². The fourth-order valence-corrected chi connectivity index (χ4v) is 5.69. The van der Waals surface area contributed by atoms with Crippen molar-refractivity contribution < 1.29 is 18.0 Å². The van der Waals surface area contributed by atoms with E-state index in [2.05, 4.69) is 5.32 Å². The molecule has 1 atom stereocenters. The van der Waals surface area contributed by atoms with E-state index >= 15 is 0 Å². The second-order valence-electron chi connectivity index (χ2n) is 8.56. The number of benzene rings is 3. The van der Waals surface area contributed by atoms with Crippen LogP contribution >= 0.6 is 0 Å². The summed E-state index contributed by atoms with van der Waals surface area (Å²) in [4.78, 5) is 26.5. The lowest BCUT2D eigenvalue weighted by Crippen LogP contribution is -2.49. The molecule has 8 heteroatoms. The topological polar surface area (TPSA) is 86.8 Å². The van der Waals surface area contributed by atoms with Crippen molar-refractivity contribution in [2.45, 2.75) is 24.3 Å². The molecule has 0 spiro atoms. The summed E-state index contributed by atoms with van der Waals surface area (Å²) in [5.74, 6) is -0.405. The average Bonchev–Trinajstić information content (AvgIpc) is 2.89. The predicted octanol–water partition coefficient (Wildman–Crippen LogP) is 3.25. The molecule has 1 N–H and O–H groups in total. The lowest BCUT2D eigenvalue weighted by molar-refractivity contribution is -0.129. The van der Waals surface area contributed by atoms with Crippen LogP contribution in [0.3, 0.4) is 0 Å². The second-order valence-corrected chi connectivity index (χ2v) is 10.5. The Bertz CT molecular complexity index is 1270. The van der Waals surface area contributed by atoms with Crippen LogP contribution < -0.4 is 5.32 Å². The third-order valence-corrected chi connectivity index (χ3v) is 8.10. The largest absolute Gasteiger partial charge is 0.345 e. The van der Waals surface area contributed by atoms with Crippen molar-refractivity contribution in [1.29, 1.82) is 0 Å². The van der Waals surface area contributed by atoms with E-state index in [4.69, 9.17) is 0 Å². The molecule has 2 amide bonds. The van der Waals surface area contributed by atoms with Crippen molar-refractivity contribution in [3.8, 4) is 0 Å². The molecule has 1 saturated heterocycles. The number of piperazine rings is 1. The molecule has 0 bridgehead atoms. The highest BCUT2D eigenvalue weighted by atomic mass is 32.2. The van der Waals surface area contributed by atoms with Gasteiger partial charge in [-0.05, 0) is 35.7 Å². The molecular weight excluding hydrogens is 462 g/mol. The summed E-state index contributed by atoms with van der Waals surface area (Å²) < 4.78 is 27.8. The van der Waals surface area contributed by atoms with Gasteiger partial charge < -0.3 is 10.2 Å². The minimum Gasteiger partial charge on any atom is -0.345 e. The molecule has 1 aliphatic heterocycles. The van der Waals surface area contributed by atoms with Gasteiger partial charge in [-0.1, -0.05) is 66.7 Å². The Hall–Kier alpha value is -3.49. The molecule has 182 valence electrons. The molecule has 4 rings (SSSR count). The maximum atomic E-state index is 13.2. The molecule has 0 radical (unpaired) electrons. The Morgan fingerprint density at radius 3 is 2.11 bits per heavy atom. The number of hydrogen-bond donors (Lipinski definition) is 1. The molecule has 1 fully saturated rings. The summed E-state index contributed by atoms with van der Waals surface area (Å²) in [7, 11) is -3.78. The van der Waals surface area contributed by atoms with Crippen molar-refractivity contribution in [3.63, 3.8) is 0 Å². The second kappa shape index (κ2) is 10.8. The molecule has 1 unspecified atom stereocenters. The fraction of sp³-hybridized carbons (Fsp3) is 0.259. The van der Waals surface area contributed by atoms with E-state index in [0.29, 0.717) is 19.5 Å². The zero-order chi connectivity index (χ0) is 24.8. The Kier molecular flexibility index (Phi) is 7.63. The van der Waals surface area contributed by atoms with Crippen LogP contribution in [0.4, 0.5) is 0 Å². The van der Waals surface area contributed by atoms with E-state index in [-0.39, 0.29) is 41.4 Å². The maximum Gasteiger partial charge on any atom is 0.251 e. The number of carbonyl (C=O) groups is 2. The Labute approximate surface area is 206 Å². The highest BCUT2D eigenvalue weighted by Gasteiger charge is 2.30. The molecule has 1 aliphatic rings. The average molecular weight is 492 g/mol. The highest BCUT2D eigenvalue weighted by Crippen LogP contribution is 2.22. The summed E-state index contributed by atoms with van der Waals surface area (Å²) in [5, 5.41) is 3.08. The Morgan fingerprint density at radius 2 is 1.49 bits per heavy atom. The van der Waals surface area contributed by atoms with Gasteiger partial charge in [0.25, 0.3) is 5.91 Å². The molecule has 0 aromatic heterocycles. The van der Waals surface area contributed by atoms with Crippen molar-refractivity contribution in [2.24, 2.45) is 0 Å². The SMILES string of the molecule is CC(=O)N1CCN(S(=O)(=O)c2cccc(C(=O)NC(Cc3ccccc3)c3ccccc3)c2)CC1. The van der Waals surface area contributed by atoms with E-state index in [1.165, 1.54) is 23.4 Å². The summed E-state index contributed by atoms with van der Waals surface area (Å²) in [6, 6.07) is 25.5. The number of nitrogens with zero attached hydrogens (tertiary/aromatic N) is 2. The standard InChI is InChI=1S/C27H29N3O4S/c1-21(31)29-15-17-30(18-16-29)35(33,34)25-14-8-13-24(20-25)27(32)28-26(23-11-6-3-7-12-23)19-22-9-4-2-5-10-22/h2-14,20,26H,15-19H2,1H3,(H,28,32). The van der Waals surface area contributed by atoms with Gasteiger partial charge in [0.05, 0.1) is 10.9 Å². The number of hydrogen-bond acceptors (Lipinski definition) is 4. The summed E-state index contributed by atoms with van der Waals surface area (Å²) in [6.07, 6.45) is 0.606. The van der Waals surface area contributed by atoms with Gasteiger partial charge in [-0.25, -0.2) is 8.42 Å². The first-order valence-corrected chi connectivity index (χ1v) is 13.0. The van der Waals surface area contributed by atoms with E-state index in [1.807, 2.05) is 60.7 Å². The maximum absolute atomic E-state index is 13.2. The zero-order valence-corrected chi connectivity index (χ0v) is 20.4. The minimum absolute atomic E-state index is 0.0656. The third-order valence-electron chi connectivity index (χ3n) is 6.21. The summed E-state index contributed by atoms with van der Waals surface area (Å²) in [5.41, 5.74) is 2.34. The molecule has 0 saturated carbocycles. The van der Waals surface area contributed by atoms with E-state index in [1.54, 1.807) is 17.0 Å². The Morgan fingerprint density at radius 1 is 0.857 bits per heavy atom. The van der Waals surface area contributed by atoms with Crippen molar-refractivity contribution in [1.82, 2.24) is 14.5 Å². The summed E-state index contributed by atoms with van der Waals surface area (Å²) >= 11 is 0. The van der Waals surface area contributed by atoms with Crippen molar-refractivity contribution >= 4 is 21.8 Å². The third kappa shape index (κ3) is 5.96. The van der Waals surface area contributed by atoms with Gasteiger partial charge in [-0.2, -0.15) is 4.31 Å². The number of nitrogens with one attached hydrogen (secondary N) is 1. The minimum atomic E-state index is -3.78. The molecule has 7 nitrogen and oxygen atoms in total. The molecule has 0 aliphatic carbocycles. The van der Waals surface area contributed by atoms with Gasteiger partial charge in [0.2, 0.25) is 15.9 Å². The Balaban J connectivity index is 1.53. The molecular formula is C27H29N3O4S. The predicted molar refractivity (Wildman–Crippen MR) is 134 cm³/mol. The summed E-state index contributed by atoms with van der Waals surface area (Å²) in [6.45, 7) is 2.64. The normalized spacial score (nSPS) is 15.4.